The Morgan fingerprint density at radius 1 is 1.28 bits per heavy atom. The first kappa shape index (κ1) is 13.2. The normalized spacial score (nSPS) is 20.1. The van der Waals surface area contributed by atoms with Crippen molar-refractivity contribution < 1.29 is 9.84 Å². The maximum atomic E-state index is 9.87. The van der Waals surface area contributed by atoms with Crippen LogP contribution < -0.4 is 4.74 Å². The number of hydrogen-bond acceptors (Lipinski definition) is 2. The minimum Gasteiger partial charge on any atom is -0.493 e. The van der Waals surface area contributed by atoms with Crippen LogP contribution in [0.5, 0.6) is 5.75 Å². The maximum absolute atomic E-state index is 9.87. The monoisotopic (exact) mass is 246 g/mol. The molecule has 2 nitrogen and oxygen atoms in total. The molecular formula is C16H22O2. The summed E-state index contributed by atoms with van der Waals surface area (Å²) in [7, 11) is 0. The van der Waals surface area contributed by atoms with Crippen LogP contribution in [0.25, 0.3) is 5.57 Å². The number of aliphatic hydroxyl groups excluding tert-OH is 1. The maximum Gasteiger partial charge on any atom is 0.126 e. The fourth-order valence-electron chi connectivity index (χ4n) is 2.36. The molecule has 98 valence electrons. The Labute approximate surface area is 109 Å². The van der Waals surface area contributed by atoms with Gasteiger partial charge in [0.05, 0.1) is 12.7 Å². The van der Waals surface area contributed by atoms with Crippen LogP contribution >= 0.6 is 0 Å². The second-order valence-corrected chi connectivity index (χ2v) is 4.85. The third-order valence-corrected chi connectivity index (χ3v) is 3.28. The second kappa shape index (κ2) is 6.60. The van der Waals surface area contributed by atoms with Crippen LogP contribution in [0.4, 0.5) is 0 Å². The lowest BCUT2D eigenvalue weighted by Crippen LogP contribution is -2.01. The van der Waals surface area contributed by atoms with Crippen molar-refractivity contribution in [3.63, 3.8) is 0 Å². The van der Waals surface area contributed by atoms with Gasteiger partial charge in [-0.15, -0.1) is 0 Å². The number of rotatable bonds is 4. The Morgan fingerprint density at radius 3 is 2.94 bits per heavy atom. The van der Waals surface area contributed by atoms with E-state index in [1.165, 1.54) is 5.57 Å². The zero-order chi connectivity index (χ0) is 12.8. The van der Waals surface area contributed by atoms with Gasteiger partial charge in [-0.05, 0) is 37.3 Å². The highest BCUT2D eigenvalue weighted by Crippen LogP contribution is 2.32. The summed E-state index contributed by atoms with van der Waals surface area (Å²) in [6.45, 7) is 2.85. The van der Waals surface area contributed by atoms with Gasteiger partial charge in [0.25, 0.3) is 0 Å². The summed E-state index contributed by atoms with van der Waals surface area (Å²) in [5.74, 6) is 0.944. The first-order valence-electron chi connectivity index (χ1n) is 6.92. The lowest BCUT2D eigenvalue weighted by molar-refractivity contribution is 0.211. The minimum atomic E-state index is -0.304. The van der Waals surface area contributed by atoms with Crippen LogP contribution in [0.15, 0.2) is 30.3 Å². The summed E-state index contributed by atoms with van der Waals surface area (Å²) in [5, 5.41) is 9.87. The van der Waals surface area contributed by atoms with Gasteiger partial charge >= 0.3 is 0 Å². The van der Waals surface area contributed by atoms with Crippen LogP contribution in [0.1, 0.15) is 44.6 Å². The van der Waals surface area contributed by atoms with E-state index in [4.69, 9.17) is 4.74 Å². The van der Waals surface area contributed by atoms with Gasteiger partial charge in [0, 0.05) is 5.56 Å². The molecule has 1 atom stereocenters. The summed E-state index contributed by atoms with van der Waals surface area (Å²) in [6.07, 6.45) is 6.86. The van der Waals surface area contributed by atoms with Crippen molar-refractivity contribution in [3.8, 4) is 5.75 Å². The number of ether oxygens (including phenoxy) is 1. The first-order valence-corrected chi connectivity index (χ1v) is 6.92. The summed E-state index contributed by atoms with van der Waals surface area (Å²) in [5.41, 5.74) is 2.37. The van der Waals surface area contributed by atoms with Crippen molar-refractivity contribution in [2.45, 2.75) is 45.1 Å². The van der Waals surface area contributed by atoms with Crippen LogP contribution in [-0.2, 0) is 0 Å². The smallest absolute Gasteiger partial charge is 0.126 e. The molecular weight excluding hydrogens is 224 g/mol. The molecule has 1 aliphatic rings. The fourth-order valence-corrected chi connectivity index (χ4v) is 2.36. The van der Waals surface area contributed by atoms with Crippen molar-refractivity contribution in [1.29, 1.82) is 0 Å². The molecule has 0 aromatic heterocycles. The standard InChI is InChI=1S/C16H22O2/c1-2-11-18-16-10-6-5-9-15(16)13-7-3-4-8-14(17)12-13/h5-6,9-10,12,14,17H,2-4,7-8,11H2,1H3. The molecule has 1 unspecified atom stereocenters. The van der Waals surface area contributed by atoms with Gasteiger partial charge in [0.15, 0.2) is 0 Å². The number of aliphatic hydroxyl groups is 1. The molecule has 18 heavy (non-hydrogen) atoms. The van der Waals surface area contributed by atoms with Crippen LogP contribution in [0.2, 0.25) is 0 Å². The zero-order valence-corrected chi connectivity index (χ0v) is 11.1. The van der Waals surface area contributed by atoms with Gasteiger partial charge in [-0.25, -0.2) is 0 Å². The highest BCUT2D eigenvalue weighted by atomic mass is 16.5. The van der Waals surface area contributed by atoms with Gasteiger partial charge in [0.2, 0.25) is 0 Å². The molecule has 0 radical (unpaired) electrons. The molecule has 0 heterocycles. The Balaban J connectivity index is 2.25. The molecule has 0 bridgehead atoms. The Morgan fingerprint density at radius 2 is 2.11 bits per heavy atom. The molecule has 1 aromatic carbocycles. The van der Waals surface area contributed by atoms with Crippen molar-refractivity contribution in [1.82, 2.24) is 0 Å². The largest absolute Gasteiger partial charge is 0.493 e. The summed E-state index contributed by atoms with van der Waals surface area (Å²) >= 11 is 0. The van der Waals surface area contributed by atoms with Gasteiger partial charge in [-0.2, -0.15) is 0 Å². The highest BCUT2D eigenvalue weighted by Gasteiger charge is 2.13. The highest BCUT2D eigenvalue weighted by molar-refractivity contribution is 5.71. The Hall–Kier alpha value is -1.28. The van der Waals surface area contributed by atoms with E-state index in [-0.39, 0.29) is 6.10 Å². The quantitative estimate of drug-likeness (QED) is 0.875. The van der Waals surface area contributed by atoms with Crippen LogP contribution in [0, 0.1) is 0 Å². The van der Waals surface area contributed by atoms with E-state index in [0.717, 1.165) is 50.0 Å². The van der Waals surface area contributed by atoms with Crippen molar-refractivity contribution in [3.05, 3.63) is 35.9 Å². The summed E-state index contributed by atoms with van der Waals surface area (Å²) in [4.78, 5) is 0. The second-order valence-electron chi connectivity index (χ2n) is 4.85. The molecule has 0 saturated heterocycles. The van der Waals surface area contributed by atoms with Gasteiger partial charge in [-0.3, -0.25) is 0 Å². The van der Waals surface area contributed by atoms with E-state index < -0.39 is 0 Å². The third-order valence-electron chi connectivity index (χ3n) is 3.28. The molecule has 0 aliphatic heterocycles. The van der Waals surface area contributed by atoms with E-state index in [9.17, 15) is 5.11 Å². The van der Waals surface area contributed by atoms with Crippen molar-refractivity contribution >= 4 is 5.57 Å². The van der Waals surface area contributed by atoms with E-state index >= 15 is 0 Å². The minimum absolute atomic E-state index is 0.304. The van der Waals surface area contributed by atoms with Gasteiger partial charge in [0.1, 0.15) is 5.75 Å². The molecule has 0 amide bonds. The molecule has 1 aliphatic carbocycles. The molecule has 1 N–H and O–H groups in total. The molecule has 0 saturated carbocycles. The number of para-hydroxylation sites is 1. The molecule has 1 aromatic rings. The van der Waals surface area contributed by atoms with E-state index in [1.54, 1.807) is 0 Å². The van der Waals surface area contributed by atoms with Gasteiger partial charge in [-0.1, -0.05) is 37.6 Å². The predicted molar refractivity (Wildman–Crippen MR) is 74.7 cm³/mol. The topological polar surface area (TPSA) is 29.5 Å². The lowest BCUT2D eigenvalue weighted by atomic mass is 10.00. The van der Waals surface area contributed by atoms with Crippen molar-refractivity contribution in [2.24, 2.45) is 0 Å². The van der Waals surface area contributed by atoms with Crippen LogP contribution in [-0.4, -0.2) is 17.8 Å². The average molecular weight is 246 g/mol. The predicted octanol–water partition coefficient (Wildman–Crippen LogP) is 3.79. The Bertz CT molecular complexity index is 409. The SMILES string of the molecule is CCCOc1ccccc1C1=CC(O)CCCC1. The molecule has 2 rings (SSSR count). The van der Waals surface area contributed by atoms with Crippen LogP contribution in [0.3, 0.4) is 0 Å². The van der Waals surface area contributed by atoms with E-state index in [2.05, 4.69) is 13.0 Å². The number of hydrogen-bond donors (Lipinski definition) is 1. The first-order chi connectivity index (χ1) is 8.81. The molecule has 0 fully saturated rings. The van der Waals surface area contributed by atoms with E-state index in [0.29, 0.717) is 0 Å². The van der Waals surface area contributed by atoms with Crippen molar-refractivity contribution in [2.75, 3.05) is 6.61 Å². The summed E-state index contributed by atoms with van der Waals surface area (Å²) < 4.78 is 5.79. The molecule has 2 heteroatoms. The third kappa shape index (κ3) is 3.36. The summed E-state index contributed by atoms with van der Waals surface area (Å²) in [6, 6.07) is 8.15. The van der Waals surface area contributed by atoms with Gasteiger partial charge < -0.3 is 9.84 Å². The number of allylic oxidation sites excluding steroid dienone is 1. The Kier molecular flexibility index (Phi) is 4.82. The zero-order valence-electron chi connectivity index (χ0n) is 11.1. The molecule has 0 spiro atoms. The fraction of sp³-hybridized carbons (Fsp3) is 0.500. The lowest BCUT2D eigenvalue weighted by Gasteiger charge is -2.13. The number of benzene rings is 1. The van der Waals surface area contributed by atoms with E-state index in [1.807, 2.05) is 24.3 Å². The average Bonchev–Trinajstić information content (AvgIpc) is 2.61.